The second kappa shape index (κ2) is 6.65. The lowest BCUT2D eigenvalue weighted by atomic mass is 10.1. The Morgan fingerprint density at radius 1 is 1.40 bits per heavy atom. The molecule has 0 radical (unpaired) electrons. The van der Waals surface area contributed by atoms with Gasteiger partial charge in [0.2, 0.25) is 0 Å². The van der Waals surface area contributed by atoms with E-state index < -0.39 is 5.95 Å². The summed E-state index contributed by atoms with van der Waals surface area (Å²) >= 11 is 1.45. The lowest BCUT2D eigenvalue weighted by Gasteiger charge is -2.14. The van der Waals surface area contributed by atoms with Gasteiger partial charge >= 0.3 is 0 Å². The van der Waals surface area contributed by atoms with Crippen molar-refractivity contribution in [2.24, 2.45) is 0 Å². The number of benzene rings is 1. The van der Waals surface area contributed by atoms with Crippen LogP contribution in [0.1, 0.15) is 35.9 Å². The first-order chi connectivity index (χ1) is 9.65. The van der Waals surface area contributed by atoms with Crippen molar-refractivity contribution in [2.75, 3.05) is 11.5 Å². The van der Waals surface area contributed by atoms with Crippen LogP contribution >= 0.6 is 11.8 Å². The largest absolute Gasteiger partial charge is 0.291 e. The number of thioether (sulfide) groups is 1. The van der Waals surface area contributed by atoms with Crippen molar-refractivity contribution >= 4 is 17.5 Å². The van der Waals surface area contributed by atoms with E-state index in [1.54, 1.807) is 0 Å². The number of nitrogens with zero attached hydrogens (tertiary/aromatic N) is 3. The zero-order valence-corrected chi connectivity index (χ0v) is 12.2. The molecule has 20 heavy (non-hydrogen) atoms. The number of carbonyl (C=O) groups excluding carboxylic acids is 1. The van der Waals surface area contributed by atoms with E-state index in [9.17, 15) is 9.18 Å². The molecule has 6 heteroatoms. The summed E-state index contributed by atoms with van der Waals surface area (Å²) in [5.41, 5.74) is 0.914. The Balaban J connectivity index is 2.31. The highest BCUT2D eigenvalue weighted by atomic mass is 32.2. The maximum atomic E-state index is 13.7. The average molecular weight is 293 g/mol. The molecule has 0 unspecified atom stereocenters. The van der Waals surface area contributed by atoms with Gasteiger partial charge in [-0.25, -0.2) is 4.68 Å². The van der Waals surface area contributed by atoms with Crippen LogP contribution < -0.4 is 0 Å². The van der Waals surface area contributed by atoms with E-state index >= 15 is 0 Å². The van der Waals surface area contributed by atoms with E-state index in [1.165, 1.54) is 16.4 Å². The molecule has 1 atom stereocenters. The minimum atomic E-state index is -0.797. The van der Waals surface area contributed by atoms with Crippen LogP contribution in [0.25, 0.3) is 0 Å². The maximum Gasteiger partial charge on any atom is 0.263 e. The van der Waals surface area contributed by atoms with Gasteiger partial charge in [-0.2, -0.15) is 16.2 Å². The average Bonchev–Trinajstić information content (AvgIpc) is 2.86. The third kappa shape index (κ3) is 3.07. The fraction of sp³-hybridized carbons (Fsp3) is 0.357. The van der Waals surface area contributed by atoms with Crippen LogP contribution in [0, 0.1) is 5.95 Å². The summed E-state index contributed by atoms with van der Waals surface area (Å²) in [6.45, 7) is 3.82. The molecule has 0 spiro atoms. The quantitative estimate of drug-likeness (QED) is 0.768. The number of carbonyl (C=O) groups is 1. The van der Waals surface area contributed by atoms with Gasteiger partial charge in [-0.1, -0.05) is 47.6 Å². The van der Waals surface area contributed by atoms with Crippen molar-refractivity contribution in [2.45, 2.75) is 19.9 Å². The van der Waals surface area contributed by atoms with E-state index in [2.05, 4.69) is 10.3 Å². The Hall–Kier alpha value is -1.69. The summed E-state index contributed by atoms with van der Waals surface area (Å²) < 4.78 is 15.1. The summed E-state index contributed by atoms with van der Waals surface area (Å²) in [5.74, 6) is -0.0255. The normalized spacial score (nSPS) is 12.3. The summed E-state index contributed by atoms with van der Waals surface area (Å²) in [7, 11) is 0. The minimum Gasteiger partial charge on any atom is -0.291 e. The van der Waals surface area contributed by atoms with Gasteiger partial charge in [0.05, 0.1) is 11.8 Å². The Labute approximate surface area is 121 Å². The van der Waals surface area contributed by atoms with Crippen molar-refractivity contribution in [1.29, 1.82) is 0 Å². The van der Waals surface area contributed by atoms with Crippen LogP contribution in [0.4, 0.5) is 4.39 Å². The molecule has 0 aliphatic carbocycles. The van der Waals surface area contributed by atoms with Crippen LogP contribution in [0.3, 0.4) is 0 Å². The van der Waals surface area contributed by atoms with Gasteiger partial charge < -0.3 is 0 Å². The summed E-state index contributed by atoms with van der Waals surface area (Å²) in [4.78, 5) is 12.1. The Kier molecular flexibility index (Phi) is 4.89. The van der Waals surface area contributed by atoms with Gasteiger partial charge in [-0.3, -0.25) is 4.79 Å². The number of hydrogen-bond acceptors (Lipinski definition) is 4. The molecule has 0 N–H and O–H groups in total. The van der Waals surface area contributed by atoms with Crippen molar-refractivity contribution in [3.8, 4) is 0 Å². The molecule has 0 amide bonds. The van der Waals surface area contributed by atoms with Crippen LogP contribution in [-0.4, -0.2) is 32.3 Å². The van der Waals surface area contributed by atoms with Crippen LogP contribution in [-0.2, 0) is 0 Å². The molecule has 0 saturated heterocycles. The standard InChI is InChI=1S/C14H16FN3OS/c1-3-20-9-12(19)13-14(15)16-17-18(13)10(2)11-7-5-4-6-8-11/h4-8,10H,3,9H2,1-2H3/t10-/m1/s1. The molecule has 0 bridgehead atoms. The monoisotopic (exact) mass is 293 g/mol. The predicted molar refractivity (Wildman–Crippen MR) is 77.6 cm³/mol. The van der Waals surface area contributed by atoms with Crippen molar-refractivity contribution < 1.29 is 9.18 Å². The highest BCUT2D eigenvalue weighted by Crippen LogP contribution is 2.20. The molecule has 106 valence electrons. The first-order valence-electron chi connectivity index (χ1n) is 6.41. The predicted octanol–water partition coefficient (Wildman–Crippen LogP) is 2.96. The zero-order chi connectivity index (χ0) is 14.5. The number of Topliss-reactive ketones (excluding diaryl/α,β-unsaturated/α-hetero) is 1. The van der Waals surface area contributed by atoms with Crippen LogP contribution in [0.15, 0.2) is 30.3 Å². The molecule has 0 aliphatic heterocycles. The molecule has 0 aliphatic rings. The minimum absolute atomic E-state index is 0.0395. The van der Waals surface area contributed by atoms with Crippen LogP contribution in [0.2, 0.25) is 0 Å². The number of aromatic nitrogens is 3. The molecule has 1 heterocycles. The first-order valence-corrected chi connectivity index (χ1v) is 7.57. The lowest BCUT2D eigenvalue weighted by molar-refractivity contribution is 0.100. The third-order valence-electron chi connectivity index (χ3n) is 3.00. The Morgan fingerprint density at radius 3 is 2.75 bits per heavy atom. The number of hydrogen-bond donors (Lipinski definition) is 0. The second-order valence-electron chi connectivity index (χ2n) is 4.32. The fourth-order valence-corrected chi connectivity index (χ4v) is 2.45. The van der Waals surface area contributed by atoms with Gasteiger partial charge in [-0.15, -0.1) is 0 Å². The van der Waals surface area contributed by atoms with E-state index in [0.717, 1.165) is 11.3 Å². The first kappa shape index (κ1) is 14.7. The molecule has 4 nitrogen and oxygen atoms in total. The van der Waals surface area contributed by atoms with E-state index in [1.807, 2.05) is 44.2 Å². The lowest BCUT2D eigenvalue weighted by Crippen LogP contribution is -2.18. The van der Waals surface area contributed by atoms with Crippen molar-refractivity contribution in [3.05, 3.63) is 47.5 Å². The SMILES string of the molecule is CCSCC(=O)c1c(F)nnn1[C@H](C)c1ccccc1. The maximum absolute atomic E-state index is 13.7. The van der Waals surface area contributed by atoms with E-state index in [-0.39, 0.29) is 23.3 Å². The number of halogens is 1. The van der Waals surface area contributed by atoms with E-state index in [0.29, 0.717) is 0 Å². The van der Waals surface area contributed by atoms with Crippen molar-refractivity contribution in [1.82, 2.24) is 15.0 Å². The van der Waals surface area contributed by atoms with Gasteiger partial charge in [0.1, 0.15) is 0 Å². The molecule has 1 aromatic carbocycles. The number of ketones is 1. The van der Waals surface area contributed by atoms with Crippen LogP contribution in [0.5, 0.6) is 0 Å². The fourth-order valence-electron chi connectivity index (χ4n) is 1.92. The van der Waals surface area contributed by atoms with Gasteiger partial charge in [0.15, 0.2) is 11.5 Å². The van der Waals surface area contributed by atoms with Gasteiger partial charge in [-0.05, 0) is 18.2 Å². The highest BCUT2D eigenvalue weighted by Gasteiger charge is 2.23. The smallest absolute Gasteiger partial charge is 0.263 e. The molecule has 2 aromatic rings. The Bertz CT molecular complexity index is 585. The molecular weight excluding hydrogens is 277 g/mol. The molecular formula is C14H16FN3OS. The summed E-state index contributed by atoms with van der Waals surface area (Å²) in [5, 5.41) is 7.19. The van der Waals surface area contributed by atoms with E-state index in [4.69, 9.17) is 0 Å². The second-order valence-corrected chi connectivity index (χ2v) is 5.59. The van der Waals surface area contributed by atoms with Crippen molar-refractivity contribution in [3.63, 3.8) is 0 Å². The summed E-state index contributed by atoms with van der Waals surface area (Å²) in [6.07, 6.45) is 0. The molecule has 2 rings (SSSR count). The summed E-state index contributed by atoms with van der Waals surface area (Å²) in [6, 6.07) is 9.29. The Morgan fingerprint density at radius 2 is 2.10 bits per heavy atom. The van der Waals surface area contributed by atoms with Gasteiger partial charge in [0.25, 0.3) is 5.95 Å². The highest BCUT2D eigenvalue weighted by molar-refractivity contribution is 7.99. The third-order valence-corrected chi connectivity index (χ3v) is 3.88. The van der Waals surface area contributed by atoms with Gasteiger partial charge in [0, 0.05) is 0 Å². The number of rotatable bonds is 6. The zero-order valence-electron chi connectivity index (χ0n) is 11.4. The molecule has 1 aromatic heterocycles. The molecule has 0 fully saturated rings. The molecule has 0 saturated carbocycles. The topological polar surface area (TPSA) is 47.8 Å².